The molecule has 0 bridgehead atoms. The third-order valence-corrected chi connectivity index (χ3v) is 6.80. The van der Waals surface area contributed by atoms with Gasteiger partial charge in [-0.1, -0.05) is 30.3 Å². The molecule has 2 aromatic rings. The third-order valence-electron chi connectivity index (χ3n) is 6.80. The van der Waals surface area contributed by atoms with Gasteiger partial charge in [0.15, 0.2) is 0 Å². The summed E-state index contributed by atoms with van der Waals surface area (Å²) in [7, 11) is 0. The van der Waals surface area contributed by atoms with E-state index in [1.165, 1.54) is 11.1 Å². The minimum absolute atomic E-state index is 0.00925. The van der Waals surface area contributed by atoms with Crippen LogP contribution in [0.25, 0.3) is 0 Å². The molecule has 0 radical (unpaired) electrons. The van der Waals surface area contributed by atoms with Gasteiger partial charge < -0.3 is 16.0 Å². The van der Waals surface area contributed by atoms with Gasteiger partial charge in [0.1, 0.15) is 0 Å². The molecule has 0 aliphatic carbocycles. The molecule has 1 amide bonds. The summed E-state index contributed by atoms with van der Waals surface area (Å²) in [6, 6.07) is 18.3. The van der Waals surface area contributed by atoms with Gasteiger partial charge in [0.2, 0.25) is 0 Å². The molecule has 166 valence electrons. The van der Waals surface area contributed by atoms with Crippen LogP contribution in [0.2, 0.25) is 0 Å². The lowest BCUT2D eigenvalue weighted by Crippen LogP contribution is -2.42. The van der Waals surface area contributed by atoms with Crippen LogP contribution in [0.4, 0.5) is 5.69 Å². The second kappa shape index (κ2) is 9.41. The molecule has 1 saturated heterocycles. The minimum Gasteiger partial charge on any atom is -0.378 e. The molecule has 1 unspecified atom stereocenters. The number of anilines is 1. The first kappa shape index (κ1) is 21.8. The highest BCUT2D eigenvalue weighted by molar-refractivity contribution is 5.95. The van der Waals surface area contributed by atoms with Crippen LogP contribution in [-0.2, 0) is 0 Å². The summed E-state index contributed by atoms with van der Waals surface area (Å²) in [5, 5.41) is 10.6. The fourth-order valence-corrected chi connectivity index (χ4v) is 5.29. The van der Waals surface area contributed by atoms with Gasteiger partial charge in [0.05, 0.1) is 6.04 Å². The minimum atomic E-state index is 0.00925. The Morgan fingerprint density at radius 3 is 2.52 bits per heavy atom. The van der Waals surface area contributed by atoms with Crippen molar-refractivity contribution >= 4 is 11.6 Å². The maximum absolute atomic E-state index is 12.9. The number of hydrogen-bond donors (Lipinski definition) is 3. The quantitative estimate of drug-likeness (QED) is 0.623. The van der Waals surface area contributed by atoms with E-state index in [2.05, 4.69) is 91.0 Å². The molecule has 31 heavy (non-hydrogen) atoms. The van der Waals surface area contributed by atoms with Gasteiger partial charge in [-0.15, -0.1) is 0 Å². The monoisotopic (exact) mass is 420 g/mol. The second-order valence-electron chi connectivity index (χ2n) is 9.40. The van der Waals surface area contributed by atoms with Gasteiger partial charge in [-0.3, -0.25) is 9.69 Å². The molecular weight excluding hydrogens is 384 g/mol. The summed E-state index contributed by atoms with van der Waals surface area (Å²) in [4.78, 5) is 15.3. The van der Waals surface area contributed by atoms with Gasteiger partial charge in [-0.2, -0.15) is 0 Å². The number of hydrogen-bond acceptors (Lipinski definition) is 4. The van der Waals surface area contributed by atoms with E-state index in [-0.39, 0.29) is 11.9 Å². The van der Waals surface area contributed by atoms with E-state index in [0.29, 0.717) is 30.6 Å². The number of nitrogens with zero attached hydrogens (tertiary/aromatic N) is 1. The van der Waals surface area contributed by atoms with Crippen molar-refractivity contribution in [3.63, 3.8) is 0 Å². The van der Waals surface area contributed by atoms with Crippen LogP contribution in [0.15, 0.2) is 48.5 Å². The molecule has 2 heterocycles. The second-order valence-corrected chi connectivity index (χ2v) is 9.40. The SMILES string of the molecule is CC(C)N(CCNC(=O)c1ccc2c(c1)[C@H]1NCC[C@H]1C(c1ccccc1)N2)C(C)C. The molecule has 3 N–H and O–H groups in total. The Hall–Kier alpha value is -2.37. The maximum Gasteiger partial charge on any atom is 0.251 e. The van der Waals surface area contributed by atoms with Gasteiger partial charge in [-0.05, 0) is 70.0 Å². The van der Waals surface area contributed by atoms with E-state index in [1.807, 2.05) is 6.07 Å². The van der Waals surface area contributed by atoms with E-state index in [4.69, 9.17) is 0 Å². The molecular formula is C26H36N4O. The predicted octanol–water partition coefficient (Wildman–Crippen LogP) is 4.35. The lowest BCUT2D eigenvalue weighted by atomic mass is 9.80. The summed E-state index contributed by atoms with van der Waals surface area (Å²) in [6.45, 7) is 11.3. The highest BCUT2D eigenvalue weighted by Crippen LogP contribution is 2.47. The first-order chi connectivity index (χ1) is 15.0. The zero-order valence-corrected chi connectivity index (χ0v) is 19.2. The Bertz CT molecular complexity index is 888. The topological polar surface area (TPSA) is 56.4 Å². The number of fused-ring (bicyclic) bond motifs is 3. The van der Waals surface area contributed by atoms with E-state index in [0.717, 1.165) is 30.8 Å². The van der Waals surface area contributed by atoms with Crippen molar-refractivity contribution in [3.05, 3.63) is 65.2 Å². The number of benzene rings is 2. The molecule has 2 aromatic carbocycles. The molecule has 5 heteroatoms. The van der Waals surface area contributed by atoms with Crippen molar-refractivity contribution in [1.29, 1.82) is 0 Å². The van der Waals surface area contributed by atoms with Crippen molar-refractivity contribution in [1.82, 2.24) is 15.5 Å². The normalized spacial score (nSPS) is 22.4. The van der Waals surface area contributed by atoms with Crippen LogP contribution in [0.1, 0.15) is 67.7 Å². The zero-order chi connectivity index (χ0) is 22.0. The van der Waals surface area contributed by atoms with Crippen LogP contribution in [0, 0.1) is 5.92 Å². The lowest BCUT2D eigenvalue weighted by Gasteiger charge is -2.37. The predicted molar refractivity (Wildman–Crippen MR) is 127 cm³/mol. The molecule has 2 aliphatic rings. The number of carbonyl (C=O) groups excluding carboxylic acids is 1. The Balaban J connectivity index is 1.48. The zero-order valence-electron chi connectivity index (χ0n) is 19.2. The number of nitrogens with one attached hydrogen (secondary N) is 3. The summed E-state index contributed by atoms with van der Waals surface area (Å²) in [5.41, 5.74) is 4.42. The summed E-state index contributed by atoms with van der Waals surface area (Å²) in [5.74, 6) is 0.494. The highest BCUT2D eigenvalue weighted by atomic mass is 16.1. The van der Waals surface area contributed by atoms with E-state index in [1.54, 1.807) is 0 Å². The average molecular weight is 421 g/mol. The van der Waals surface area contributed by atoms with Crippen LogP contribution >= 0.6 is 0 Å². The molecule has 0 spiro atoms. The summed E-state index contributed by atoms with van der Waals surface area (Å²) < 4.78 is 0. The molecule has 4 rings (SSSR count). The van der Waals surface area contributed by atoms with Crippen LogP contribution < -0.4 is 16.0 Å². The van der Waals surface area contributed by atoms with Crippen molar-refractivity contribution < 1.29 is 4.79 Å². The first-order valence-electron chi connectivity index (χ1n) is 11.7. The molecule has 0 saturated carbocycles. The number of carbonyl (C=O) groups is 1. The van der Waals surface area contributed by atoms with Crippen molar-refractivity contribution in [3.8, 4) is 0 Å². The Labute approximate surface area is 186 Å². The first-order valence-corrected chi connectivity index (χ1v) is 11.7. The molecule has 2 aliphatic heterocycles. The number of rotatable bonds is 7. The molecule has 0 aromatic heterocycles. The van der Waals surface area contributed by atoms with Crippen LogP contribution in [-0.4, -0.2) is 42.5 Å². The smallest absolute Gasteiger partial charge is 0.251 e. The van der Waals surface area contributed by atoms with Crippen molar-refractivity contribution in [2.24, 2.45) is 5.92 Å². The highest BCUT2D eigenvalue weighted by Gasteiger charge is 2.40. The molecule has 1 fully saturated rings. The molecule has 3 atom stereocenters. The maximum atomic E-state index is 12.9. The standard InChI is InChI=1S/C26H36N4O/c1-17(2)30(18(3)4)15-14-28-26(31)20-10-11-23-22(16-20)25-21(12-13-27-25)24(29-23)19-8-6-5-7-9-19/h5-11,16-18,21,24-25,27,29H,12-15H2,1-4H3,(H,28,31)/t21-,24?,25-/m0/s1. The molecule has 5 nitrogen and oxygen atoms in total. The van der Waals surface area contributed by atoms with Gasteiger partial charge in [-0.25, -0.2) is 0 Å². The van der Waals surface area contributed by atoms with E-state index < -0.39 is 0 Å². The van der Waals surface area contributed by atoms with Gasteiger partial charge in [0.25, 0.3) is 5.91 Å². The fourth-order valence-electron chi connectivity index (χ4n) is 5.29. The fraction of sp³-hybridized carbons (Fsp3) is 0.500. The largest absolute Gasteiger partial charge is 0.378 e. The van der Waals surface area contributed by atoms with Gasteiger partial charge >= 0.3 is 0 Å². The van der Waals surface area contributed by atoms with Crippen molar-refractivity contribution in [2.45, 2.75) is 58.3 Å². The average Bonchev–Trinajstić information content (AvgIpc) is 3.26. The lowest BCUT2D eigenvalue weighted by molar-refractivity contribution is 0.0939. The Kier molecular flexibility index (Phi) is 6.63. The van der Waals surface area contributed by atoms with Crippen LogP contribution in [0.3, 0.4) is 0 Å². The van der Waals surface area contributed by atoms with Crippen molar-refractivity contribution in [2.75, 3.05) is 25.0 Å². The van der Waals surface area contributed by atoms with E-state index in [9.17, 15) is 4.79 Å². The van der Waals surface area contributed by atoms with E-state index >= 15 is 0 Å². The number of amides is 1. The van der Waals surface area contributed by atoms with Gasteiger partial charge in [0, 0.05) is 48.4 Å². The summed E-state index contributed by atoms with van der Waals surface area (Å²) in [6.07, 6.45) is 1.13. The van der Waals surface area contributed by atoms with Crippen LogP contribution in [0.5, 0.6) is 0 Å². The summed E-state index contributed by atoms with van der Waals surface area (Å²) >= 11 is 0. The Morgan fingerprint density at radius 1 is 1.06 bits per heavy atom. The Morgan fingerprint density at radius 2 is 1.81 bits per heavy atom. The third kappa shape index (κ3) is 4.63.